The lowest BCUT2D eigenvalue weighted by molar-refractivity contribution is -0.127. The lowest BCUT2D eigenvalue weighted by Crippen LogP contribution is -2.38. The minimum absolute atomic E-state index is 0.0791. The number of carbonyl (C=O) groups is 3. The van der Waals surface area contributed by atoms with Gasteiger partial charge in [0.05, 0.1) is 8.95 Å². The second-order valence-corrected chi connectivity index (χ2v) is 10.9. The SMILES string of the molecule is CCc1ccccc1NC(=O)CN1C(=O)N/C(=C/c2cc(Br)c(OCc3ccc4ccccc4c3)c(Br)c2)C1=O. The van der Waals surface area contributed by atoms with Gasteiger partial charge in [0.15, 0.2) is 0 Å². The molecule has 0 atom stereocenters. The molecule has 9 heteroatoms. The predicted octanol–water partition coefficient (Wildman–Crippen LogP) is 7.04. The largest absolute Gasteiger partial charge is 0.487 e. The summed E-state index contributed by atoms with van der Waals surface area (Å²) in [5.41, 5.74) is 3.40. The number of hydrogen-bond acceptors (Lipinski definition) is 4. The number of carbonyl (C=O) groups excluding carboxylic acids is 3. The van der Waals surface area contributed by atoms with Gasteiger partial charge in [-0.05, 0) is 96.1 Å². The monoisotopic (exact) mass is 661 g/mol. The number of imide groups is 1. The van der Waals surface area contributed by atoms with Crippen LogP contribution in [-0.4, -0.2) is 29.3 Å². The number of para-hydroxylation sites is 1. The standard InChI is InChI=1S/C31H25Br2N3O4/c1-2-21-7-5-6-10-26(21)34-28(37)17-36-30(38)27(35-31(36)39)16-20-14-24(32)29(25(33)15-20)40-18-19-11-12-22-8-3-4-9-23(22)13-19/h3-16H,2,17-18H2,1H3,(H,34,37)(H,35,39)/b27-16+. The van der Waals surface area contributed by atoms with Crippen LogP contribution < -0.4 is 15.4 Å². The number of nitrogens with zero attached hydrogens (tertiary/aromatic N) is 1. The Kier molecular flexibility index (Phi) is 8.32. The van der Waals surface area contributed by atoms with Crippen LogP contribution in [-0.2, 0) is 22.6 Å². The topological polar surface area (TPSA) is 87.7 Å². The zero-order chi connectivity index (χ0) is 28.2. The van der Waals surface area contributed by atoms with Crippen LogP contribution in [0.2, 0.25) is 0 Å². The molecule has 0 spiro atoms. The summed E-state index contributed by atoms with van der Waals surface area (Å²) in [4.78, 5) is 39.0. The van der Waals surface area contributed by atoms with Gasteiger partial charge in [-0.2, -0.15) is 0 Å². The molecule has 4 aromatic rings. The van der Waals surface area contributed by atoms with Gasteiger partial charge in [-0.15, -0.1) is 0 Å². The van der Waals surface area contributed by atoms with Crippen LogP contribution in [0.25, 0.3) is 16.8 Å². The third kappa shape index (κ3) is 6.11. The molecule has 2 N–H and O–H groups in total. The minimum atomic E-state index is -0.649. The first-order chi connectivity index (χ1) is 19.3. The maximum Gasteiger partial charge on any atom is 0.329 e. The first-order valence-electron chi connectivity index (χ1n) is 12.6. The third-order valence-electron chi connectivity index (χ3n) is 6.47. The Labute approximate surface area is 248 Å². The van der Waals surface area contributed by atoms with E-state index in [1.54, 1.807) is 24.3 Å². The molecule has 1 aliphatic rings. The molecule has 1 heterocycles. The molecule has 40 heavy (non-hydrogen) atoms. The van der Waals surface area contributed by atoms with Gasteiger partial charge in [0.2, 0.25) is 5.91 Å². The summed E-state index contributed by atoms with van der Waals surface area (Å²) in [5, 5.41) is 7.66. The number of aryl methyl sites for hydroxylation is 1. The average Bonchev–Trinajstić information content (AvgIpc) is 3.19. The van der Waals surface area contributed by atoms with Crippen molar-refractivity contribution in [2.45, 2.75) is 20.0 Å². The minimum Gasteiger partial charge on any atom is -0.487 e. The first kappa shape index (κ1) is 27.6. The number of urea groups is 1. The van der Waals surface area contributed by atoms with Crippen molar-refractivity contribution in [1.29, 1.82) is 0 Å². The van der Waals surface area contributed by atoms with Crippen LogP contribution in [0.15, 0.2) is 93.5 Å². The molecular weight excluding hydrogens is 638 g/mol. The van der Waals surface area contributed by atoms with Crippen molar-refractivity contribution in [3.05, 3.63) is 110 Å². The molecule has 4 amide bonds. The van der Waals surface area contributed by atoms with Crippen molar-refractivity contribution >= 4 is 72.2 Å². The van der Waals surface area contributed by atoms with E-state index in [4.69, 9.17) is 4.74 Å². The molecule has 7 nitrogen and oxygen atoms in total. The average molecular weight is 663 g/mol. The Morgan fingerprint density at radius 3 is 2.40 bits per heavy atom. The van der Waals surface area contributed by atoms with E-state index < -0.39 is 24.4 Å². The zero-order valence-electron chi connectivity index (χ0n) is 21.5. The van der Waals surface area contributed by atoms with E-state index in [9.17, 15) is 14.4 Å². The number of halogens is 2. The van der Waals surface area contributed by atoms with Gasteiger partial charge in [-0.3, -0.25) is 9.59 Å². The number of rotatable bonds is 8. The zero-order valence-corrected chi connectivity index (χ0v) is 24.7. The summed E-state index contributed by atoms with van der Waals surface area (Å²) in [6.45, 7) is 1.96. The summed E-state index contributed by atoms with van der Waals surface area (Å²) >= 11 is 7.11. The number of fused-ring (bicyclic) bond motifs is 1. The van der Waals surface area contributed by atoms with Crippen molar-refractivity contribution in [3.63, 3.8) is 0 Å². The Bertz CT molecular complexity index is 1640. The maximum atomic E-state index is 13.0. The molecule has 0 aliphatic carbocycles. The fraction of sp³-hybridized carbons (Fsp3) is 0.129. The summed E-state index contributed by atoms with van der Waals surface area (Å²) in [7, 11) is 0. The van der Waals surface area contributed by atoms with Crippen molar-refractivity contribution in [1.82, 2.24) is 10.2 Å². The molecule has 0 saturated carbocycles. The maximum absolute atomic E-state index is 13.0. The Morgan fingerprint density at radius 2 is 1.65 bits per heavy atom. The highest BCUT2D eigenvalue weighted by Gasteiger charge is 2.35. The second kappa shape index (κ2) is 12.1. The molecule has 0 radical (unpaired) electrons. The number of ether oxygens (including phenoxy) is 1. The summed E-state index contributed by atoms with van der Waals surface area (Å²) in [5.74, 6) is -0.417. The molecule has 1 saturated heterocycles. The van der Waals surface area contributed by atoms with Crippen molar-refractivity contribution < 1.29 is 19.1 Å². The fourth-order valence-corrected chi connectivity index (χ4v) is 5.90. The van der Waals surface area contributed by atoms with E-state index in [1.165, 1.54) is 5.39 Å². The Morgan fingerprint density at radius 1 is 0.950 bits per heavy atom. The van der Waals surface area contributed by atoms with Gasteiger partial charge in [0.1, 0.15) is 24.6 Å². The van der Waals surface area contributed by atoms with Gasteiger partial charge in [-0.1, -0.05) is 61.5 Å². The third-order valence-corrected chi connectivity index (χ3v) is 7.64. The number of benzene rings is 4. The summed E-state index contributed by atoms with van der Waals surface area (Å²) in [6.07, 6.45) is 2.30. The van der Waals surface area contributed by atoms with E-state index in [2.05, 4.69) is 66.8 Å². The molecule has 0 aromatic heterocycles. The normalized spacial score (nSPS) is 14.1. The van der Waals surface area contributed by atoms with Gasteiger partial charge < -0.3 is 15.4 Å². The van der Waals surface area contributed by atoms with Crippen LogP contribution >= 0.6 is 31.9 Å². The molecule has 1 aliphatic heterocycles. The second-order valence-electron chi connectivity index (χ2n) is 9.22. The van der Waals surface area contributed by atoms with Crippen LogP contribution in [0.5, 0.6) is 5.75 Å². The van der Waals surface area contributed by atoms with Gasteiger partial charge in [0.25, 0.3) is 5.91 Å². The summed E-state index contributed by atoms with van der Waals surface area (Å²) in [6, 6.07) is 24.7. The van der Waals surface area contributed by atoms with E-state index in [-0.39, 0.29) is 5.70 Å². The Balaban J connectivity index is 1.26. The van der Waals surface area contributed by atoms with Crippen LogP contribution in [0.1, 0.15) is 23.6 Å². The highest BCUT2D eigenvalue weighted by molar-refractivity contribution is 9.11. The van der Waals surface area contributed by atoms with E-state index >= 15 is 0 Å². The van der Waals surface area contributed by atoms with Crippen molar-refractivity contribution in [2.75, 3.05) is 11.9 Å². The molecule has 5 rings (SSSR count). The van der Waals surface area contributed by atoms with Crippen molar-refractivity contribution in [2.24, 2.45) is 0 Å². The Hall–Kier alpha value is -3.95. The lowest BCUT2D eigenvalue weighted by Gasteiger charge is -2.13. The van der Waals surface area contributed by atoms with E-state index in [1.807, 2.05) is 43.3 Å². The smallest absolute Gasteiger partial charge is 0.329 e. The lowest BCUT2D eigenvalue weighted by atomic mass is 10.1. The number of nitrogens with one attached hydrogen (secondary N) is 2. The molecule has 1 fully saturated rings. The van der Waals surface area contributed by atoms with Crippen LogP contribution in [0.3, 0.4) is 0 Å². The van der Waals surface area contributed by atoms with Crippen molar-refractivity contribution in [3.8, 4) is 5.75 Å². The van der Waals surface area contributed by atoms with E-state index in [0.29, 0.717) is 32.6 Å². The number of hydrogen-bond donors (Lipinski definition) is 2. The van der Waals surface area contributed by atoms with Gasteiger partial charge in [0, 0.05) is 5.69 Å². The van der Waals surface area contributed by atoms with Gasteiger partial charge in [-0.25, -0.2) is 9.69 Å². The van der Waals surface area contributed by atoms with Crippen LogP contribution in [0.4, 0.5) is 10.5 Å². The number of amides is 4. The predicted molar refractivity (Wildman–Crippen MR) is 163 cm³/mol. The molecule has 0 bridgehead atoms. The quantitative estimate of drug-likeness (QED) is 0.157. The highest BCUT2D eigenvalue weighted by atomic mass is 79.9. The van der Waals surface area contributed by atoms with E-state index in [0.717, 1.165) is 27.8 Å². The molecular formula is C31H25Br2N3O4. The number of anilines is 1. The summed E-state index contributed by atoms with van der Waals surface area (Å²) < 4.78 is 7.44. The van der Waals surface area contributed by atoms with Crippen LogP contribution in [0, 0.1) is 0 Å². The molecule has 202 valence electrons. The molecule has 0 unspecified atom stereocenters. The molecule has 4 aromatic carbocycles. The first-order valence-corrected chi connectivity index (χ1v) is 14.2. The highest BCUT2D eigenvalue weighted by Crippen LogP contribution is 2.36. The fourth-order valence-electron chi connectivity index (χ4n) is 4.45. The van der Waals surface area contributed by atoms with Gasteiger partial charge >= 0.3 is 6.03 Å².